The van der Waals surface area contributed by atoms with Crippen molar-refractivity contribution in [2.75, 3.05) is 13.1 Å². The van der Waals surface area contributed by atoms with Crippen LogP contribution in [0.25, 0.3) is 0 Å². The highest BCUT2D eigenvalue weighted by Crippen LogP contribution is 2.30. The quantitative estimate of drug-likeness (QED) is 0.758. The number of hydrogen-bond donors (Lipinski definition) is 1. The molecule has 1 saturated heterocycles. The van der Waals surface area contributed by atoms with Gasteiger partial charge < -0.3 is 5.73 Å². The molecule has 0 spiro atoms. The lowest BCUT2D eigenvalue weighted by Gasteiger charge is -2.41. The molecule has 1 aliphatic heterocycles. The molecule has 2 unspecified atom stereocenters. The van der Waals surface area contributed by atoms with E-state index in [-0.39, 0.29) is 5.54 Å². The lowest BCUT2D eigenvalue weighted by atomic mass is 9.91. The van der Waals surface area contributed by atoms with E-state index >= 15 is 0 Å². The highest BCUT2D eigenvalue weighted by molar-refractivity contribution is 4.94. The summed E-state index contributed by atoms with van der Waals surface area (Å²) in [5.41, 5.74) is 6.60. The van der Waals surface area contributed by atoms with Gasteiger partial charge in [-0.3, -0.25) is 4.90 Å². The van der Waals surface area contributed by atoms with Gasteiger partial charge in [-0.1, -0.05) is 19.8 Å². The van der Waals surface area contributed by atoms with E-state index in [1.54, 1.807) is 0 Å². The van der Waals surface area contributed by atoms with Crippen LogP contribution in [0.5, 0.6) is 0 Å². The number of hydrogen-bond acceptors (Lipinski definition) is 2. The first-order valence-electron chi connectivity index (χ1n) is 6.62. The second kappa shape index (κ2) is 4.42. The van der Waals surface area contributed by atoms with Crippen LogP contribution in [0.2, 0.25) is 0 Å². The maximum atomic E-state index is 6.46. The monoisotopic (exact) mass is 210 g/mol. The minimum Gasteiger partial charge on any atom is -0.324 e. The van der Waals surface area contributed by atoms with Crippen LogP contribution in [0, 0.1) is 5.92 Å². The largest absolute Gasteiger partial charge is 0.324 e. The van der Waals surface area contributed by atoms with Crippen LogP contribution in [0.1, 0.15) is 52.4 Å². The molecular weight excluding hydrogens is 184 g/mol. The van der Waals surface area contributed by atoms with Crippen LogP contribution < -0.4 is 5.73 Å². The molecule has 2 nitrogen and oxygen atoms in total. The van der Waals surface area contributed by atoms with Crippen LogP contribution in [0.4, 0.5) is 0 Å². The predicted molar refractivity (Wildman–Crippen MR) is 64.8 cm³/mol. The summed E-state index contributed by atoms with van der Waals surface area (Å²) < 4.78 is 0. The average Bonchev–Trinajstić information content (AvgIpc) is 2.59. The van der Waals surface area contributed by atoms with Crippen LogP contribution in [-0.4, -0.2) is 29.6 Å². The zero-order valence-electron chi connectivity index (χ0n) is 10.3. The van der Waals surface area contributed by atoms with E-state index in [9.17, 15) is 0 Å². The molecule has 2 fully saturated rings. The molecule has 0 bridgehead atoms. The van der Waals surface area contributed by atoms with Crippen LogP contribution in [0.15, 0.2) is 0 Å². The predicted octanol–water partition coefficient (Wildman–Crippen LogP) is 2.38. The maximum Gasteiger partial charge on any atom is 0.0283 e. The summed E-state index contributed by atoms with van der Waals surface area (Å²) in [6.07, 6.45) is 7.92. The van der Waals surface area contributed by atoms with E-state index in [0.717, 1.165) is 18.5 Å². The normalized spacial score (nSPS) is 37.0. The van der Waals surface area contributed by atoms with Crippen molar-refractivity contribution in [1.82, 2.24) is 4.90 Å². The number of rotatable bonds is 2. The third-order valence-electron chi connectivity index (χ3n) is 4.36. The maximum absolute atomic E-state index is 6.46. The molecule has 2 rings (SSSR count). The fraction of sp³-hybridized carbons (Fsp3) is 1.00. The summed E-state index contributed by atoms with van der Waals surface area (Å²) in [5, 5.41) is 0. The van der Waals surface area contributed by atoms with E-state index in [2.05, 4.69) is 18.7 Å². The standard InChI is InChI=1S/C13H26N2/c1-11-5-6-12(2)15(9-11)10-13(14)7-3-4-8-13/h11-12H,3-10,14H2,1-2H3. The topological polar surface area (TPSA) is 29.3 Å². The van der Waals surface area contributed by atoms with Gasteiger partial charge in [-0.25, -0.2) is 0 Å². The molecule has 2 aliphatic rings. The van der Waals surface area contributed by atoms with Gasteiger partial charge in [-0.2, -0.15) is 0 Å². The number of nitrogens with zero attached hydrogens (tertiary/aromatic N) is 1. The Hall–Kier alpha value is -0.0800. The smallest absolute Gasteiger partial charge is 0.0283 e. The molecule has 0 aromatic carbocycles. The molecule has 1 aliphatic carbocycles. The Morgan fingerprint density at radius 3 is 2.53 bits per heavy atom. The highest BCUT2D eigenvalue weighted by Gasteiger charge is 2.34. The lowest BCUT2D eigenvalue weighted by molar-refractivity contribution is 0.0966. The second-order valence-electron chi connectivity index (χ2n) is 6.03. The van der Waals surface area contributed by atoms with Crippen molar-refractivity contribution in [3.05, 3.63) is 0 Å². The first kappa shape index (κ1) is 11.4. The Morgan fingerprint density at radius 1 is 1.20 bits per heavy atom. The molecule has 2 atom stereocenters. The fourth-order valence-electron chi connectivity index (χ4n) is 3.24. The van der Waals surface area contributed by atoms with Crippen LogP contribution in [-0.2, 0) is 0 Å². The molecule has 88 valence electrons. The van der Waals surface area contributed by atoms with Crippen molar-refractivity contribution >= 4 is 0 Å². The summed E-state index contributed by atoms with van der Waals surface area (Å²) in [7, 11) is 0. The van der Waals surface area contributed by atoms with Gasteiger partial charge in [0.2, 0.25) is 0 Å². The van der Waals surface area contributed by atoms with Gasteiger partial charge in [-0.05, 0) is 38.5 Å². The molecule has 2 heteroatoms. The van der Waals surface area contributed by atoms with Gasteiger partial charge in [0.15, 0.2) is 0 Å². The number of piperidine rings is 1. The van der Waals surface area contributed by atoms with Crippen molar-refractivity contribution in [2.24, 2.45) is 11.7 Å². The minimum atomic E-state index is 0.144. The minimum absolute atomic E-state index is 0.144. The summed E-state index contributed by atoms with van der Waals surface area (Å²) in [4.78, 5) is 2.64. The van der Waals surface area contributed by atoms with Crippen LogP contribution in [0.3, 0.4) is 0 Å². The van der Waals surface area contributed by atoms with E-state index in [0.29, 0.717) is 0 Å². The van der Waals surface area contributed by atoms with Crippen molar-refractivity contribution in [3.8, 4) is 0 Å². The van der Waals surface area contributed by atoms with E-state index in [1.807, 2.05) is 0 Å². The summed E-state index contributed by atoms with van der Waals surface area (Å²) in [6.45, 7) is 7.14. The zero-order valence-corrected chi connectivity index (χ0v) is 10.3. The summed E-state index contributed by atoms with van der Waals surface area (Å²) >= 11 is 0. The Balaban J connectivity index is 1.91. The van der Waals surface area contributed by atoms with Crippen molar-refractivity contribution in [2.45, 2.75) is 64.0 Å². The van der Waals surface area contributed by atoms with Gasteiger partial charge in [-0.15, -0.1) is 0 Å². The molecule has 0 amide bonds. The SMILES string of the molecule is CC1CCC(C)N(CC2(N)CCCC2)C1. The molecule has 0 aromatic heterocycles. The molecular formula is C13H26N2. The van der Waals surface area contributed by atoms with Gasteiger partial charge in [0.1, 0.15) is 0 Å². The zero-order chi connectivity index (χ0) is 10.9. The summed E-state index contributed by atoms with van der Waals surface area (Å²) in [6, 6.07) is 0.752. The Kier molecular flexibility index (Phi) is 3.36. The highest BCUT2D eigenvalue weighted by atomic mass is 15.2. The number of likely N-dealkylation sites (tertiary alicyclic amines) is 1. The third kappa shape index (κ3) is 2.73. The van der Waals surface area contributed by atoms with E-state index < -0.39 is 0 Å². The molecule has 0 aromatic rings. The lowest BCUT2D eigenvalue weighted by Crippen LogP contribution is -2.53. The van der Waals surface area contributed by atoms with Gasteiger partial charge in [0.05, 0.1) is 0 Å². The van der Waals surface area contributed by atoms with E-state index in [1.165, 1.54) is 45.1 Å². The molecule has 15 heavy (non-hydrogen) atoms. The number of nitrogens with two attached hydrogens (primary N) is 1. The van der Waals surface area contributed by atoms with Gasteiger partial charge in [0, 0.05) is 24.7 Å². The Labute approximate surface area is 94.2 Å². The van der Waals surface area contributed by atoms with Crippen molar-refractivity contribution in [3.63, 3.8) is 0 Å². The molecule has 1 saturated carbocycles. The first-order chi connectivity index (χ1) is 7.09. The second-order valence-corrected chi connectivity index (χ2v) is 6.03. The third-order valence-corrected chi connectivity index (χ3v) is 4.36. The van der Waals surface area contributed by atoms with Crippen molar-refractivity contribution in [1.29, 1.82) is 0 Å². The summed E-state index contributed by atoms with van der Waals surface area (Å²) in [5.74, 6) is 0.867. The first-order valence-corrected chi connectivity index (χ1v) is 6.62. The fourth-order valence-corrected chi connectivity index (χ4v) is 3.24. The van der Waals surface area contributed by atoms with Gasteiger partial charge in [0.25, 0.3) is 0 Å². The molecule has 2 N–H and O–H groups in total. The Bertz CT molecular complexity index is 209. The van der Waals surface area contributed by atoms with E-state index in [4.69, 9.17) is 5.73 Å². The van der Waals surface area contributed by atoms with Crippen molar-refractivity contribution < 1.29 is 0 Å². The Morgan fingerprint density at radius 2 is 1.87 bits per heavy atom. The van der Waals surface area contributed by atoms with Gasteiger partial charge >= 0.3 is 0 Å². The van der Waals surface area contributed by atoms with Crippen LogP contribution >= 0.6 is 0 Å². The molecule has 0 radical (unpaired) electrons. The average molecular weight is 210 g/mol. The molecule has 1 heterocycles.